The molecule has 15 heavy (non-hydrogen) atoms. The highest BCUT2D eigenvalue weighted by Gasteiger charge is 2.08. The van der Waals surface area contributed by atoms with Gasteiger partial charge in [-0.25, -0.2) is 4.39 Å². The highest BCUT2D eigenvalue weighted by molar-refractivity contribution is 9.10. The highest BCUT2D eigenvalue weighted by Crippen LogP contribution is 2.23. The van der Waals surface area contributed by atoms with Crippen LogP contribution in [0.4, 0.5) is 4.39 Å². The van der Waals surface area contributed by atoms with Crippen molar-refractivity contribution in [3.8, 4) is 5.75 Å². The molecule has 0 spiro atoms. The number of halogens is 2. The maximum absolute atomic E-state index is 13.6. The van der Waals surface area contributed by atoms with Crippen LogP contribution in [-0.2, 0) is 0 Å². The number of aromatic nitrogens is 1. The number of nitrogens with one attached hydrogen (secondary N) is 1. The van der Waals surface area contributed by atoms with Gasteiger partial charge < -0.3 is 9.72 Å². The lowest BCUT2D eigenvalue weighted by molar-refractivity contribution is 0.409. The van der Waals surface area contributed by atoms with Gasteiger partial charge in [0, 0.05) is 5.39 Å². The van der Waals surface area contributed by atoms with Gasteiger partial charge in [0.25, 0.3) is 5.56 Å². The van der Waals surface area contributed by atoms with Crippen LogP contribution < -0.4 is 10.3 Å². The highest BCUT2D eigenvalue weighted by atomic mass is 79.9. The Balaban J connectivity index is 2.87. The van der Waals surface area contributed by atoms with Crippen molar-refractivity contribution in [3.63, 3.8) is 0 Å². The van der Waals surface area contributed by atoms with Gasteiger partial charge in [-0.3, -0.25) is 4.79 Å². The zero-order valence-electron chi connectivity index (χ0n) is 7.80. The Labute approximate surface area is 93.0 Å². The predicted molar refractivity (Wildman–Crippen MR) is 58.8 cm³/mol. The molecule has 0 radical (unpaired) electrons. The van der Waals surface area contributed by atoms with Crippen LogP contribution in [0, 0.1) is 5.82 Å². The van der Waals surface area contributed by atoms with Crippen LogP contribution in [0.2, 0.25) is 0 Å². The van der Waals surface area contributed by atoms with Gasteiger partial charge in [0.15, 0.2) is 11.6 Å². The molecule has 1 aromatic heterocycles. The normalized spacial score (nSPS) is 10.6. The van der Waals surface area contributed by atoms with E-state index in [1.54, 1.807) is 12.1 Å². The summed E-state index contributed by atoms with van der Waals surface area (Å²) in [4.78, 5) is 13.8. The fourth-order valence-corrected chi connectivity index (χ4v) is 1.68. The van der Waals surface area contributed by atoms with Crippen LogP contribution in [-0.4, -0.2) is 12.1 Å². The number of rotatable bonds is 1. The minimum atomic E-state index is -0.479. The lowest BCUT2D eigenvalue weighted by atomic mass is 10.2. The Morgan fingerprint density at radius 3 is 2.87 bits per heavy atom. The van der Waals surface area contributed by atoms with E-state index < -0.39 is 11.4 Å². The van der Waals surface area contributed by atoms with Crippen molar-refractivity contribution in [1.29, 1.82) is 0 Å². The Kier molecular flexibility index (Phi) is 2.48. The Bertz CT molecular complexity index is 579. The fourth-order valence-electron chi connectivity index (χ4n) is 1.35. The van der Waals surface area contributed by atoms with Crippen LogP contribution in [0.1, 0.15) is 0 Å². The quantitative estimate of drug-likeness (QED) is 0.866. The molecule has 1 heterocycles. The Morgan fingerprint density at radius 2 is 2.20 bits per heavy atom. The second-order valence-electron chi connectivity index (χ2n) is 2.99. The summed E-state index contributed by atoms with van der Waals surface area (Å²) >= 11 is 3.05. The van der Waals surface area contributed by atoms with Gasteiger partial charge in [-0.1, -0.05) is 6.07 Å². The lowest BCUT2D eigenvalue weighted by Gasteiger charge is -2.03. The van der Waals surface area contributed by atoms with Crippen molar-refractivity contribution < 1.29 is 9.13 Å². The Morgan fingerprint density at radius 1 is 1.47 bits per heavy atom. The summed E-state index contributed by atoms with van der Waals surface area (Å²) in [5.74, 6) is -0.309. The number of benzene rings is 1. The van der Waals surface area contributed by atoms with Crippen LogP contribution >= 0.6 is 15.9 Å². The van der Waals surface area contributed by atoms with E-state index in [0.717, 1.165) is 0 Å². The first-order valence-corrected chi connectivity index (χ1v) is 4.98. The summed E-state index contributed by atoms with van der Waals surface area (Å²) in [6.07, 6.45) is 0. The molecule has 0 atom stereocenters. The zero-order chi connectivity index (χ0) is 11.0. The van der Waals surface area contributed by atoms with Crippen molar-refractivity contribution >= 4 is 26.8 Å². The van der Waals surface area contributed by atoms with E-state index in [1.165, 1.54) is 13.2 Å². The van der Waals surface area contributed by atoms with Crippen LogP contribution in [0.15, 0.2) is 27.5 Å². The van der Waals surface area contributed by atoms with Gasteiger partial charge in [-0.2, -0.15) is 0 Å². The van der Waals surface area contributed by atoms with Crippen molar-refractivity contribution in [2.45, 2.75) is 0 Å². The summed E-state index contributed by atoms with van der Waals surface area (Å²) in [5.41, 5.74) is -0.267. The van der Waals surface area contributed by atoms with Crippen molar-refractivity contribution in [3.05, 3.63) is 38.8 Å². The SMILES string of the molecule is COc1cc2ccc(Br)c(F)c2[nH]c1=O. The number of hydrogen-bond donors (Lipinski definition) is 1. The summed E-state index contributed by atoms with van der Waals surface area (Å²) in [6.45, 7) is 0. The molecule has 0 fully saturated rings. The van der Waals surface area contributed by atoms with E-state index in [4.69, 9.17) is 4.74 Å². The van der Waals surface area contributed by atoms with Gasteiger partial charge in [0.05, 0.1) is 17.1 Å². The third-order valence-corrected chi connectivity index (χ3v) is 2.71. The maximum atomic E-state index is 13.6. The lowest BCUT2D eigenvalue weighted by Crippen LogP contribution is -2.09. The van der Waals surface area contributed by atoms with Gasteiger partial charge in [0.1, 0.15) is 0 Å². The zero-order valence-corrected chi connectivity index (χ0v) is 9.39. The molecule has 0 bridgehead atoms. The average Bonchev–Trinajstić information content (AvgIpc) is 2.24. The van der Waals surface area contributed by atoms with E-state index >= 15 is 0 Å². The molecular formula is C10H7BrFNO2. The average molecular weight is 272 g/mol. The van der Waals surface area contributed by atoms with E-state index in [-0.39, 0.29) is 11.3 Å². The minimum Gasteiger partial charge on any atom is -0.491 e. The monoisotopic (exact) mass is 271 g/mol. The van der Waals surface area contributed by atoms with Gasteiger partial charge in [-0.15, -0.1) is 0 Å². The van der Waals surface area contributed by atoms with E-state index in [1.807, 2.05) is 0 Å². The second kappa shape index (κ2) is 3.66. The molecule has 0 unspecified atom stereocenters. The molecule has 1 N–H and O–H groups in total. The van der Waals surface area contributed by atoms with E-state index in [9.17, 15) is 9.18 Å². The number of hydrogen-bond acceptors (Lipinski definition) is 2. The molecule has 0 aliphatic rings. The topological polar surface area (TPSA) is 42.1 Å². The number of methoxy groups -OCH3 is 1. The third-order valence-electron chi connectivity index (χ3n) is 2.10. The minimum absolute atomic E-state index is 0.171. The predicted octanol–water partition coefficient (Wildman–Crippen LogP) is 2.44. The van der Waals surface area contributed by atoms with Gasteiger partial charge in [0.2, 0.25) is 0 Å². The molecule has 5 heteroatoms. The molecule has 0 amide bonds. The van der Waals surface area contributed by atoms with Crippen LogP contribution in [0.25, 0.3) is 10.9 Å². The number of ether oxygens (including phenoxy) is 1. The Hall–Kier alpha value is -1.36. The summed E-state index contributed by atoms with van der Waals surface area (Å²) in [5, 5.41) is 0.590. The number of aromatic amines is 1. The van der Waals surface area contributed by atoms with Gasteiger partial charge in [-0.05, 0) is 28.1 Å². The molecule has 3 nitrogen and oxygen atoms in total. The summed E-state index contributed by atoms with van der Waals surface area (Å²) < 4.78 is 18.7. The number of H-pyrrole nitrogens is 1. The van der Waals surface area contributed by atoms with Gasteiger partial charge >= 0.3 is 0 Å². The van der Waals surface area contributed by atoms with Crippen molar-refractivity contribution in [2.75, 3.05) is 7.11 Å². The number of fused-ring (bicyclic) bond motifs is 1. The van der Waals surface area contributed by atoms with Crippen molar-refractivity contribution in [2.24, 2.45) is 0 Å². The summed E-state index contributed by atoms with van der Waals surface area (Å²) in [6, 6.07) is 4.78. The first-order chi connectivity index (χ1) is 7.13. The van der Waals surface area contributed by atoms with Crippen molar-refractivity contribution in [1.82, 2.24) is 4.98 Å². The molecule has 0 aliphatic heterocycles. The van der Waals surface area contributed by atoms with E-state index in [2.05, 4.69) is 20.9 Å². The molecule has 78 valence electrons. The standard InChI is InChI=1S/C10H7BrFNO2/c1-15-7-4-5-2-3-6(11)8(12)9(5)13-10(7)14/h2-4H,1H3,(H,13,14). The molecule has 2 rings (SSSR count). The molecule has 1 aromatic carbocycles. The molecular weight excluding hydrogens is 265 g/mol. The van der Waals surface area contributed by atoms with E-state index in [0.29, 0.717) is 9.86 Å². The van der Waals surface area contributed by atoms with Crippen LogP contribution in [0.5, 0.6) is 5.75 Å². The maximum Gasteiger partial charge on any atom is 0.290 e. The number of pyridine rings is 1. The second-order valence-corrected chi connectivity index (χ2v) is 3.85. The first kappa shape index (κ1) is 10.2. The first-order valence-electron chi connectivity index (χ1n) is 4.18. The van der Waals surface area contributed by atoms with Crippen LogP contribution in [0.3, 0.4) is 0 Å². The molecule has 0 aliphatic carbocycles. The fraction of sp³-hybridized carbons (Fsp3) is 0.100. The molecule has 0 saturated heterocycles. The summed E-state index contributed by atoms with van der Waals surface area (Å²) in [7, 11) is 1.39. The largest absolute Gasteiger partial charge is 0.491 e. The third kappa shape index (κ3) is 1.63. The molecule has 2 aromatic rings. The smallest absolute Gasteiger partial charge is 0.290 e. The molecule has 0 saturated carbocycles.